The van der Waals surface area contributed by atoms with Gasteiger partial charge in [-0.05, 0) is 37.1 Å². The summed E-state index contributed by atoms with van der Waals surface area (Å²) in [6, 6.07) is 23.5. The summed E-state index contributed by atoms with van der Waals surface area (Å²) >= 11 is 0. The second-order valence-electron chi connectivity index (χ2n) is 12.2. The number of nitrogens with zero attached hydrogens (tertiary/aromatic N) is 4. The van der Waals surface area contributed by atoms with Gasteiger partial charge >= 0.3 is 0 Å². The lowest BCUT2D eigenvalue weighted by Crippen LogP contribution is -2.25. The third-order valence-corrected chi connectivity index (χ3v) is 8.70. The molecular weight excluding hydrogens is 564 g/mol. The second kappa shape index (κ2) is 9.77. The molecule has 44 heavy (non-hydrogen) atoms. The minimum Gasteiger partial charge on any atom is -0.237 e. The van der Waals surface area contributed by atoms with Crippen molar-refractivity contribution in [2.24, 2.45) is 0 Å². The highest BCUT2D eigenvalue weighted by Gasteiger charge is 2.38. The molecule has 8 bridgehead atoms. The molecule has 4 aromatic carbocycles. The van der Waals surface area contributed by atoms with Crippen LogP contribution in [0.25, 0.3) is 33.6 Å². The summed E-state index contributed by atoms with van der Waals surface area (Å²) in [5.74, 6) is -3.35. The fraction of sp³-hybridized carbons (Fsp3) is 0.167. The van der Waals surface area contributed by atoms with Crippen LogP contribution in [-0.2, 0) is 10.8 Å². The first-order chi connectivity index (χ1) is 21.0. The van der Waals surface area contributed by atoms with Crippen LogP contribution < -0.4 is 0 Å². The Morgan fingerprint density at radius 1 is 0.500 bits per heavy atom. The van der Waals surface area contributed by atoms with E-state index in [4.69, 9.17) is 10.2 Å². The van der Waals surface area contributed by atoms with E-state index in [0.29, 0.717) is 11.4 Å². The molecule has 0 fully saturated rings. The molecule has 3 heterocycles. The zero-order valence-corrected chi connectivity index (χ0v) is 24.5. The van der Waals surface area contributed by atoms with E-state index in [2.05, 4.69) is 0 Å². The Morgan fingerprint density at radius 3 is 1.27 bits per heavy atom. The Labute approximate surface area is 252 Å². The van der Waals surface area contributed by atoms with Gasteiger partial charge in [-0.15, -0.1) is 0 Å². The van der Waals surface area contributed by atoms with E-state index in [-0.39, 0.29) is 22.5 Å². The fourth-order valence-corrected chi connectivity index (χ4v) is 6.22. The molecule has 8 heteroatoms. The van der Waals surface area contributed by atoms with Gasteiger partial charge < -0.3 is 0 Å². The summed E-state index contributed by atoms with van der Waals surface area (Å²) in [6.45, 7) is 7.16. The zero-order valence-electron chi connectivity index (χ0n) is 24.5. The van der Waals surface area contributed by atoms with Crippen LogP contribution in [0.1, 0.15) is 50.2 Å². The van der Waals surface area contributed by atoms with Crippen molar-refractivity contribution >= 4 is 0 Å². The van der Waals surface area contributed by atoms with Crippen molar-refractivity contribution < 1.29 is 17.6 Å². The Morgan fingerprint density at radius 2 is 0.886 bits per heavy atom. The molecule has 0 unspecified atom stereocenters. The lowest BCUT2D eigenvalue weighted by Gasteiger charge is -2.28. The molecule has 1 aliphatic rings. The molecule has 7 rings (SSSR count). The summed E-state index contributed by atoms with van der Waals surface area (Å²) in [5, 5.41) is 9.85. The van der Waals surface area contributed by atoms with Crippen LogP contribution in [-0.4, -0.2) is 19.6 Å². The predicted molar refractivity (Wildman–Crippen MR) is 162 cm³/mol. The topological polar surface area (TPSA) is 35.6 Å². The van der Waals surface area contributed by atoms with Crippen molar-refractivity contribution in [2.75, 3.05) is 0 Å². The molecule has 0 spiro atoms. The molecule has 1 aliphatic heterocycles. The van der Waals surface area contributed by atoms with E-state index in [1.54, 1.807) is 26.2 Å². The molecular formula is C36H28F4N4. The van der Waals surface area contributed by atoms with Gasteiger partial charge in [-0.25, -0.2) is 26.9 Å². The van der Waals surface area contributed by atoms with E-state index in [1.807, 2.05) is 74.5 Å². The molecule has 2 aromatic heterocycles. The summed E-state index contributed by atoms with van der Waals surface area (Å²) in [5.41, 5.74) is 2.14. The molecule has 220 valence electrons. The van der Waals surface area contributed by atoms with Crippen molar-refractivity contribution in [2.45, 2.75) is 38.5 Å². The van der Waals surface area contributed by atoms with E-state index in [9.17, 15) is 0 Å². The molecule has 0 saturated heterocycles. The number of fused-ring (bicyclic) bond motifs is 10. The van der Waals surface area contributed by atoms with Gasteiger partial charge in [0.2, 0.25) is 0 Å². The van der Waals surface area contributed by atoms with Crippen LogP contribution in [0.4, 0.5) is 17.6 Å². The number of aromatic nitrogens is 4. The van der Waals surface area contributed by atoms with Gasteiger partial charge in [0, 0.05) is 52.2 Å². The molecule has 0 amide bonds. The highest BCUT2D eigenvalue weighted by molar-refractivity contribution is 5.72. The Hall–Kier alpha value is -4.98. The molecule has 4 nitrogen and oxygen atoms in total. The van der Waals surface area contributed by atoms with Crippen LogP contribution in [0.15, 0.2) is 97.3 Å². The Balaban J connectivity index is 1.64. The molecule has 6 aromatic rings. The lowest BCUT2D eigenvalue weighted by molar-refractivity contribution is 0.495. The summed E-state index contributed by atoms with van der Waals surface area (Å²) in [4.78, 5) is 0. The molecule has 0 saturated carbocycles. The minimum atomic E-state index is -1.33. The summed E-state index contributed by atoms with van der Waals surface area (Å²) in [7, 11) is 0. The molecule has 0 N–H and O–H groups in total. The van der Waals surface area contributed by atoms with Crippen molar-refractivity contribution in [3.8, 4) is 33.6 Å². The van der Waals surface area contributed by atoms with Crippen molar-refractivity contribution in [1.29, 1.82) is 0 Å². The van der Waals surface area contributed by atoms with E-state index < -0.39 is 34.1 Å². The van der Waals surface area contributed by atoms with Crippen molar-refractivity contribution in [3.63, 3.8) is 0 Å². The highest BCUT2D eigenvalue weighted by Crippen LogP contribution is 2.43. The fourth-order valence-electron chi connectivity index (χ4n) is 6.22. The smallest absolute Gasteiger partial charge is 0.151 e. The molecule has 0 radical (unpaired) electrons. The third kappa shape index (κ3) is 4.19. The van der Waals surface area contributed by atoms with Gasteiger partial charge in [0.05, 0.1) is 16.8 Å². The molecule has 0 atom stereocenters. The van der Waals surface area contributed by atoms with Crippen LogP contribution in [0.5, 0.6) is 0 Å². The van der Waals surface area contributed by atoms with E-state index >= 15 is 17.6 Å². The quantitative estimate of drug-likeness (QED) is 0.188. The second-order valence-corrected chi connectivity index (χ2v) is 12.2. The maximum atomic E-state index is 15.6. The number of rotatable bonds is 2. The van der Waals surface area contributed by atoms with Gasteiger partial charge in [-0.3, -0.25) is 0 Å². The van der Waals surface area contributed by atoms with Crippen LogP contribution >= 0.6 is 0 Å². The first-order valence-corrected chi connectivity index (χ1v) is 14.3. The van der Waals surface area contributed by atoms with Crippen LogP contribution in [0, 0.1) is 23.3 Å². The predicted octanol–water partition coefficient (Wildman–Crippen LogP) is 8.91. The standard InChI is InChI=1S/C36H28F4N4/c1-35(2)25-15-31(29(39)17-27(25)37)43-19-23(21-11-7-5-8-12-21)33(41-43)36(3,4)34-24(22-13-9-6-10-14-22)20-44(42-34)32-16-26(35)28(38)18-30(32)40/h5-20H,1-4H3. The number of hydrogen-bond acceptors (Lipinski definition) is 2. The van der Waals surface area contributed by atoms with Gasteiger partial charge in [0.15, 0.2) is 11.6 Å². The number of benzene rings is 4. The average Bonchev–Trinajstić information content (AvgIpc) is 3.64. The molecule has 0 aliphatic carbocycles. The number of halogens is 4. The average molecular weight is 593 g/mol. The van der Waals surface area contributed by atoms with Crippen molar-refractivity contribution in [1.82, 2.24) is 19.6 Å². The van der Waals surface area contributed by atoms with Gasteiger partial charge in [-0.2, -0.15) is 10.2 Å². The summed E-state index contributed by atoms with van der Waals surface area (Å²) < 4.78 is 65.1. The zero-order chi connectivity index (χ0) is 31.0. The first kappa shape index (κ1) is 27.8. The maximum Gasteiger partial charge on any atom is 0.151 e. The highest BCUT2D eigenvalue weighted by atomic mass is 19.1. The monoisotopic (exact) mass is 592 g/mol. The van der Waals surface area contributed by atoms with Gasteiger partial charge in [0.25, 0.3) is 0 Å². The lowest BCUT2D eigenvalue weighted by atomic mass is 9.77. The minimum absolute atomic E-state index is 0.00215. The Kier molecular flexibility index (Phi) is 6.18. The SMILES string of the molecule is CC1(C)c2cc(c(F)cc2F)-n2cc(-c3ccccc3)c(n2)C(C)(C)c2nn(cc2-c2ccccc2)-c2cc1c(F)cc2F. The van der Waals surface area contributed by atoms with Crippen molar-refractivity contribution in [3.05, 3.63) is 143 Å². The first-order valence-electron chi connectivity index (χ1n) is 14.3. The van der Waals surface area contributed by atoms with Crippen LogP contribution in [0.2, 0.25) is 0 Å². The maximum absolute atomic E-state index is 15.6. The van der Waals surface area contributed by atoms with Gasteiger partial charge in [0.1, 0.15) is 23.0 Å². The van der Waals surface area contributed by atoms with Crippen LogP contribution in [0.3, 0.4) is 0 Å². The van der Waals surface area contributed by atoms with Gasteiger partial charge in [-0.1, -0.05) is 74.5 Å². The summed E-state index contributed by atoms with van der Waals surface area (Å²) in [6.07, 6.45) is 3.44. The van der Waals surface area contributed by atoms with E-state index in [0.717, 1.165) is 34.4 Å². The largest absolute Gasteiger partial charge is 0.237 e. The van der Waals surface area contributed by atoms with E-state index in [1.165, 1.54) is 21.5 Å². The number of hydrogen-bond donors (Lipinski definition) is 0. The third-order valence-electron chi connectivity index (χ3n) is 8.70. The Bertz CT molecular complexity index is 1910. The normalized spacial score (nSPS) is 14.7.